The summed E-state index contributed by atoms with van der Waals surface area (Å²) >= 11 is 0. The van der Waals surface area contributed by atoms with Gasteiger partial charge in [0.25, 0.3) is 0 Å². The highest BCUT2D eigenvalue weighted by Crippen LogP contribution is 2.46. The molecule has 1 aromatic carbocycles. The van der Waals surface area contributed by atoms with Gasteiger partial charge in [0.15, 0.2) is 0 Å². The van der Waals surface area contributed by atoms with Crippen LogP contribution in [0.2, 0.25) is 0 Å². The minimum atomic E-state index is -0.952. The van der Waals surface area contributed by atoms with Crippen LogP contribution >= 0.6 is 0 Å². The van der Waals surface area contributed by atoms with Crippen LogP contribution < -0.4 is 10.2 Å². The fourth-order valence-corrected chi connectivity index (χ4v) is 3.33. The van der Waals surface area contributed by atoms with Crippen molar-refractivity contribution in [3.05, 3.63) is 36.1 Å². The number of rotatable bonds is 2. The van der Waals surface area contributed by atoms with Gasteiger partial charge in [-0.3, -0.25) is 0 Å². The van der Waals surface area contributed by atoms with Crippen molar-refractivity contribution in [2.75, 3.05) is 18.0 Å². The van der Waals surface area contributed by atoms with Crippen LogP contribution in [-0.4, -0.2) is 35.3 Å². The molecule has 1 aliphatic heterocycles. The molecular weight excluding hydrogens is 273 g/mol. The molecule has 1 saturated carbocycles. The van der Waals surface area contributed by atoms with E-state index >= 15 is 0 Å². The first-order valence-electron chi connectivity index (χ1n) is 6.92. The van der Waals surface area contributed by atoms with E-state index in [1.807, 2.05) is 12.1 Å². The number of carbonyl (C=O) groups is 1. The van der Waals surface area contributed by atoms with Crippen LogP contribution in [0.3, 0.4) is 0 Å². The largest absolute Gasteiger partial charge is 0.465 e. The lowest BCUT2D eigenvalue weighted by atomic mass is 10.2. The van der Waals surface area contributed by atoms with Gasteiger partial charge in [0.2, 0.25) is 0 Å². The van der Waals surface area contributed by atoms with E-state index in [9.17, 15) is 9.18 Å². The Morgan fingerprint density at radius 2 is 2.05 bits per heavy atom. The Hall–Kier alpha value is -2.37. The number of carboxylic acid groups (broad SMARTS) is 1. The third-order valence-electron chi connectivity index (χ3n) is 4.44. The molecule has 1 aromatic heterocycles. The van der Waals surface area contributed by atoms with Gasteiger partial charge in [-0.2, -0.15) is 0 Å². The van der Waals surface area contributed by atoms with Crippen molar-refractivity contribution < 1.29 is 14.3 Å². The van der Waals surface area contributed by atoms with E-state index in [4.69, 9.17) is 5.11 Å². The predicted molar refractivity (Wildman–Crippen MR) is 75.8 cm³/mol. The molecule has 5 nitrogen and oxygen atoms in total. The molecule has 2 heterocycles. The van der Waals surface area contributed by atoms with E-state index in [2.05, 4.69) is 15.2 Å². The summed E-state index contributed by atoms with van der Waals surface area (Å²) in [5.41, 5.74) is 0.773. The van der Waals surface area contributed by atoms with E-state index in [1.165, 1.54) is 12.1 Å². The van der Waals surface area contributed by atoms with Crippen molar-refractivity contribution in [1.29, 1.82) is 0 Å². The molecule has 4 rings (SSSR count). The van der Waals surface area contributed by atoms with Crippen molar-refractivity contribution in [3.8, 4) is 0 Å². The standard InChI is InChI=1S/C15H14FN3O2/c16-9-2-3-12-8(5-9)1-4-13(17-12)19-6-10-11(7-19)14(10)18-15(20)21/h1-5,10-11,14,18H,6-7H2,(H,20,21). The van der Waals surface area contributed by atoms with Gasteiger partial charge >= 0.3 is 6.09 Å². The maximum atomic E-state index is 13.1. The average Bonchev–Trinajstić information content (AvgIpc) is 2.90. The zero-order valence-corrected chi connectivity index (χ0v) is 11.2. The number of hydrogen-bond acceptors (Lipinski definition) is 3. The average molecular weight is 287 g/mol. The number of nitrogens with zero attached hydrogens (tertiary/aromatic N) is 2. The molecule has 2 aromatic rings. The zero-order chi connectivity index (χ0) is 14.6. The molecular formula is C15H14FN3O2. The van der Waals surface area contributed by atoms with Crippen LogP contribution in [-0.2, 0) is 0 Å². The molecule has 6 heteroatoms. The Bertz CT molecular complexity index is 724. The molecule has 108 valence electrons. The molecule has 0 radical (unpaired) electrons. The van der Waals surface area contributed by atoms with Crippen molar-refractivity contribution >= 4 is 22.8 Å². The topological polar surface area (TPSA) is 65.5 Å². The summed E-state index contributed by atoms with van der Waals surface area (Å²) in [4.78, 5) is 17.4. The van der Waals surface area contributed by atoms with Crippen LogP contribution in [0.25, 0.3) is 10.9 Å². The number of anilines is 1. The Balaban J connectivity index is 1.52. The first-order chi connectivity index (χ1) is 10.1. The fraction of sp³-hybridized carbons (Fsp3) is 0.333. The second kappa shape index (κ2) is 4.31. The lowest BCUT2D eigenvalue weighted by molar-refractivity contribution is 0.192. The maximum Gasteiger partial charge on any atom is 0.404 e. The second-order valence-electron chi connectivity index (χ2n) is 5.71. The normalized spacial score (nSPS) is 26.7. The fourth-order valence-electron chi connectivity index (χ4n) is 3.33. The van der Waals surface area contributed by atoms with Crippen molar-refractivity contribution in [2.45, 2.75) is 6.04 Å². The number of fused-ring (bicyclic) bond motifs is 2. The summed E-state index contributed by atoms with van der Waals surface area (Å²) in [6, 6.07) is 8.42. The number of nitrogens with one attached hydrogen (secondary N) is 1. The quantitative estimate of drug-likeness (QED) is 0.887. The maximum absolute atomic E-state index is 13.1. The third kappa shape index (κ3) is 2.07. The molecule has 2 unspecified atom stereocenters. The van der Waals surface area contributed by atoms with E-state index in [1.54, 1.807) is 6.07 Å². The van der Waals surface area contributed by atoms with E-state index in [0.717, 1.165) is 29.8 Å². The van der Waals surface area contributed by atoms with Crippen molar-refractivity contribution in [1.82, 2.24) is 10.3 Å². The lowest BCUT2D eigenvalue weighted by Gasteiger charge is -2.21. The summed E-state index contributed by atoms with van der Waals surface area (Å²) in [6.45, 7) is 1.63. The van der Waals surface area contributed by atoms with Crippen LogP contribution in [0, 0.1) is 17.7 Å². The monoisotopic (exact) mass is 287 g/mol. The number of benzene rings is 1. The first kappa shape index (κ1) is 12.4. The van der Waals surface area contributed by atoms with Gasteiger partial charge in [-0.25, -0.2) is 14.2 Å². The van der Waals surface area contributed by atoms with Gasteiger partial charge in [0, 0.05) is 36.4 Å². The summed E-state index contributed by atoms with van der Waals surface area (Å²) in [5, 5.41) is 12.1. The highest BCUT2D eigenvalue weighted by Gasteiger charge is 2.56. The van der Waals surface area contributed by atoms with Crippen LogP contribution in [0.1, 0.15) is 0 Å². The molecule has 2 atom stereocenters. The molecule has 1 amide bonds. The van der Waals surface area contributed by atoms with Gasteiger partial charge in [-0.1, -0.05) is 0 Å². The Labute approximate surface area is 120 Å². The van der Waals surface area contributed by atoms with Crippen LogP contribution in [0.15, 0.2) is 30.3 Å². The zero-order valence-electron chi connectivity index (χ0n) is 11.2. The molecule has 2 aliphatic rings. The Kier molecular flexibility index (Phi) is 2.54. The van der Waals surface area contributed by atoms with Gasteiger partial charge in [-0.05, 0) is 30.3 Å². The molecule has 0 spiro atoms. The van der Waals surface area contributed by atoms with Gasteiger partial charge in [0.1, 0.15) is 11.6 Å². The predicted octanol–water partition coefficient (Wildman–Crippen LogP) is 2.08. The van der Waals surface area contributed by atoms with Crippen molar-refractivity contribution in [3.63, 3.8) is 0 Å². The smallest absolute Gasteiger partial charge is 0.404 e. The van der Waals surface area contributed by atoms with E-state index in [0.29, 0.717) is 11.8 Å². The molecule has 1 aliphatic carbocycles. The van der Waals surface area contributed by atoms with Gasteiger partial charge in [-0.15, -0.1) is 0 Å². The number of halogens is 1. The minimum Gasteiger partial charge on any atom is -0.465 e. The number of amides is 1. The van der Waals surface area contributed by atoms with Crippen LogP contribution in [0.4, 0.5) is 15.0 Å². The number of hydrogen-bond donors (Lipinski definition) is 2. The SMILES string of the molecule is O=C(O)NC1C2CN(c3ccc4cc(F)ccc4n3)CC21. The van der Waals surface area contributed by atoms with Gasteiger partial charge in [0.05, 0.1) is 5.52 Å². The molecule has 21 heavy (non-hydrogen) atoms. The molecule has 2 fully saturated rings. The molecule has 0 bridgehead atoms. The number of aromatic nitrogens is 1. The number of pyridine rings is 1. The third-order valence-corrected chi connectivity index (χ3v) is 4.44. The van der Waals surface area contributed by atoms with Crippen LogP contribution in [0.5, 0.6) is 0 Å². The summed E-state index contributed by atoms with van der Waals surface area (Å²) in [7, 11) is 0. The minimum absolute atomic E-state index is 0.0910. The Morgan fingerprint density at radius 1 is 1.29 bits per heavy atom. The summed E-state index contributed by atoms with van der Waals surface area (Å²) in [6.07, 6.45) is -0.952. The van der Waals surface area contributed by atoms with E-state index < -0.39 is 6.09 Å². The highest BCUT2D eigenvalue weighted by atomic mass is 19.1. The summed E-state index contributed by atoms with van der Waals surface area (Å²) < 4.78 is 13.1. The second-order valence-corrected chi connectivity index (χ2v) is 5.71. The first-order valence-corrected chi connectivity index (χ1v) is 6.92. The lowest BCUT2D eigenvalue weighted by Crippen LogP contribution is -2.34. The van der Waals surface area contributed by atoms with Gasteiger partial charge < -0.3 is 15.3 Å². The molecule has 1 saturated heterocycles. The van der Waals surface area contributed by atoms with E-state index in [-0.39, 0.29) is 11.9 Å². The summed E-state index contributed by atoms with van der Waals surface area (Å²) in [5.74, 6) is 1.37. The number of piperidine rings is 1. The molecule has 2 N–H and O–H groups in total. The Morgan fingerprint density at radius 3 is 2.76 bits per heavy atom. The highest BCUT2D eigenvalue weighted by molar-refractivity contribution is 5.80. The van der Waals surface area contributed by atoms with Crippen molar-refractivity contribution in [2.24, 2.45) is 11.8 Å².